The van der Waals surface area contributed by atoms with E-state index in [1.165, 1.54) is 0 Å². The van der Waals surface area contributed by atoms with Gasteiger partial charge < -0.3 is 4.90 Å². The third kappa shape index (κ3) is 2.83. The Morgan fingerprint density at radius 2 is 2.15 bits per heavy atom. The first-order chi connectivity index (χ1) is 6.15. The van der Waals surface area contributed by atoms with Crippen molar-refractivity contribution in [2.45, 2.75) is 25.1 Å². The smallest absolute Gasteiger partial charge is 0.240 e. The van der Waals surface area contributed by atoms with Crippen LogP contribution in [0.25, 0.3) is 0 Å². The van der Waals surface area contributed by atoms with E-state index >= 15 is 0 Å². The number of carbonyl (C=O) groups is 1. The number of amides is 1. The fourth-order valence-electron chi connectivity index (χ4n) is 1.56. The molecule has 0 aromatic heterocycles. The summed E-state index contributed by atoms with van der Waals surface area (Å²) in [6, 6.07) is 0. The molecular weight excluding hydrogens is 193 g/mol. The number of hydrogen-bond donors (Lipinski definition) is 0. The zero-order chi connectivity index (χ0) is 9.84. The van der Waals surface area contributed by atoms with Crippen molar-refractivity contribution in [3.05, 3.63) is 0 Å². The van der Waals surface area contributed by atoms with Crippen LogP contribution in [0.5, 0.6) is 0 Å². The number of halogens is 2. The van der Waals surface area contributed by atoms with Crippen molar-refractivity contribution in [3.8, 4) is 0 Å². The van der Waals surface area contributed by atoms with Gasteiger partial charge in [0, 0.05) is 13.1 Å². The van der Waals surface area contributed by atoms with Crippen molar-refractivity contribution in [1.29, 1.82) is 0 Å². The topological polar surface area (TPSA) is 20.3 Å². The Balaban J connectivity index is 2.36. The second-order valence-corrected chi connectivity index (χ2v) is 4.19. The highest BCUT2D eigenvalue weighted by atomic mass is 35.5. The Bertz CT molecular complexity index is 178. The SMILES string of the molecule is C[C@H](Cl)C(=O)N1CCC(CF)CC1. The molecule has 1 aliphatic heterocycles. The Morgan fingerprint density at radius 1 is 1.62 bits per heavy atom. The molecule has 0 N–H and O–H groups in total. The van der Waals surface area contributed by atoms with E-state index in [9.17, 15) is 9.18 Å². The van der Waals surface area contributed by atoms with E-state index < -0.39 is 5.38 Å². The summed E-state index contributed by atoms with van der Waals surface area (Å²) in [6.07, 6.45) is 1.54. The minimum Gasteiger partial charge on any atom is -0.341 e. The summed E-state index contributed by atoms with van der Waals surface area (Å²) in [5, 5.41) is -0.457. The maximum atomic E-state index is 12.2. The normalized spacial score (nSPS) is 21.6. The molecule has 0 aromatic carbocycles. The number of alkyl halides is 2. The molecule has 1 fully saturated rings. The molecule has 1 saturated heterocycles. The van der Waals surface area contributed by atoms with Crippen LogP contribution in [-0.2, 0) is 4.79 Å². The Kier molecular flexibility index (Phi) is 3.97. The van der Waals surface area contributed by atoms with Gasteiger partial charge in [0.05, 0.1) is 6.67 Å². The molecule has 0 aliphatic carbocycles. The molecule has 0 radical (unpaired) electrons. The fourth-order valence-corrected chi connectivity index (χ4v) is 1.70. The third-order valence-corrected chi connectivity index (χ3v) is 2.67. The van der Waals surface area contributed by atoms with Crippen molar-refractivity contribution in [3.63, 3.8) is 0 Å². The summed E-state index contributed by atoms with van der Waals surface area (Å²) in [7, 11) is 0. The molecule has 0 spiro atoms. The molecule has 13 heavy (non-hydrogen) atoms. The molecular formula is C9H15ClFNO. The molecule has 1 rings (SSSR count). The van der Waals surface area contributed by atoms with Crippen molar-refractivity contribution in [1.82, 2.24) is 4.90 Å². The van der Waals surface area contributed by atoms with Crippen LogP contribution in [0.2, 0.25) is 0 Å². The molecule has 1 heterocycles. The first-order valence-corrected chi connectivity index (χ1v) is 5.07. The zero-order valence-electron chi connectivity index (χ0n) is 7.80. The molecule has 0 unspecified atom stereocenters. The third-order valence-electron chi connectivity index (χ3n) is 2.48. The van der Waals surface area contributed by atoms with E-state index in [1.807, 2.05) is 0 Å². The van der Waals surface area contributed by atoms with Crippen molar-refractivity contribution in [2.75, 3.05) is 19.8 Å². The van der Waals surface area contributed by atoms with Crippen molar-refractivity contribution >= 4 is 17.5 Å². The lowest BCUT2D eigenvalue weighted by molar-refractivity contribution is -0.131. The highest BCUT2D eigenvalue weighted by Crippen LogP contribution is 2.18. The molecule has 0 bridgehead atoms. The summed E-state index contributed by atoms with van der Waals surface area (Å²) in [6.45, 7) is 2.72. The van der Waals surface area contributed by atoms with Crippen molar-refractivity contribution < 1.29 is 9.18 Å². The summed E-state index contributed by atoms with van der Waals surface area (Å²) < 4.78 is 12.2. The minimum absolute atomic E-state index is 0.0287. The van der Waals surface area contributed by atoms with E-state index in [0.29, 0.717) is 13.1 Å². The number of likely N-dealkylation sites (tertiary alicyclic amines) is 1. The van der Waals surface area contributed by atoms with Crippen LogP contribution in [0.15, 0.2) is 0 Å². The van der Waals surface area contributed by atoms with Gasteiger partial charge in [0.25, 0.3) is 0 Å². The van der Waals surface area contributed by atoms with Crippen molar-refractivity contribution in [2.24, 2.45) is 5.92 Å². The monoisotopic (exact) mass is 207 g/mol. The molecule has 0 aromatic rings. The lowest BCUT2D eigenvalue weighted by Crippen LogP contribution is -2.41. The van der Waals surface area contributed by atoms with Gasteiger partial charge in [-0.1, -0.05) is 0 Å². The van der Waals surface area contributed by atoms with Gasteiger partial charge in [-0.3, -0.25) is 9.18 Å². The average Bonchev–Trinajstić information content (AvgIpc) is 2.17. The lowest BCUT2D eigenvalue weighted by Gasteiger charge is -2.31. The average molecular weight is 208 g/mol. The standard InChI is InChI=1S/C9H15ClFNO/c1-7(10)9(13)12-4-2-8(6-11)3-5-12/h7-8H,2-6H2,1H3/t7-/m0/s1. The summed E-state index contributed by atoms with van der Waals surface area (Å²) in [4.78, 5) is 13.1. The van der Waals surface area contributed by atoms with Crippen LogP contribution in [-0.4, -0.2) is 35.9 Å². The Hall–Kier alpha value is -0.310. The van der Waals surface area contributed by atoms with E-state index in [2.05, 4.69) is 0 Å². The lowest BCUT2D eigenvalue weighted by atomic mass is 9.98. The second-order valence-electron chi connectivity index (χ2n) is 3.54. The van der Waals surface area contributed by atoms with E-state index in [0.717, 1.165) is 12.8 Å². The number of piperidine rings is 1. The Morgan fingerprint density at radius 3 is 2.54 bits per heavy atom. The quantitative estimate of drug-likeness (QED) is 0.633. The van der Waals surface area contributed by atoms with Gasteiger partial charge in [-0.2, -0.15) is 0 Å². The van der Waals surface area contributed by atoms with E-state index in [4.69, 9.17) is 11.6 Å². The van der Waals surface area contributed by atoms with Gasteiger partial charge in [0.1, 0.15) is 5.38 Å². The molecule has 4 heteroatoms. The van der Waals surface area contributed by atoms with Crippen LogP contribution < -0.4 is 0 Å². The minimum atomic E-state index is -0.457. The van der Waals surface area contributed by atoms with E-state index in [1.54, 1.807) is 11.8 Å². The molecule has 1 atom stereocenters. The van der Waals surface area contributed by atoms with Gasteiger partial charge >= 0.3 is 0 Å². The first kappa shape index (κ1) is 10.8. The zero-order valence-corrected chi connectivity index (χ0v) is 8.56. The van der Waals surface area contributed by atoms with Gasteiger partial charge in [-0.25, -0.2) is 0 Å². The first-order valence-electron chi connectivity index (χ1n) is 4.64. The molecule has 1 amide bonds. The van der Waals surface area contributed by atoms with Gasteiger partial charge in [0.2, 0.25) is 5.91 Å². The van der Waals surface area contributed by atoms with Gasteiger partial charge in [0.15, 0.2) is 0 Å². The Labute approximate surface area is 83.0 Å². The highest BCUT2D eigenvalue weighted by molar-refractivity contribution is 6.30. The molecule has 76 valence electrons. The maximum Gasteiger partial charge on any atom is 0.240 e. The summed E-state index contributed by atoms with van der Waals surface area (Å²) in [5.41, 5.74) is 0. The van der Waals surface area contributed by atoms with Crippen LogP contribution in [0, 0.1) is 5.92 Å². The van der Waals surface area contributed by atoms with E-state index in [-0.39, 0.29) is 18.5 Å². The fraction of sp³-hybridized carbons (Fsp3) is 0.889. The second kappa shape index (κ2) is 4.80. The predicted molar refractivity (Wildman–Crippen MR) is 50.6 cm³/mol. The largest absolute Gasteiger partial charge is 0.341 e. The maximum absolute atomic E-state index is 12.2. The summed E-state index contributed by atoms with van der Waals surface area (Å²) >= 11 is 5.67. The number of hydrogen-bond acceptors (Lipinski definition) is 1. The summed E-state index contributed by atoms with van der Waals surface area (Å²) in [5.74, 6) is 0.119. The number of nitrogens with zero attached hydrogens (tertiary/aromatic N) is 1. The van der Waals surface area contributed by atoms with Gasteiger partial charge in [-0.15, -0.1) is 11.6 Å². The van der Waals surface area contributed by atoms with Crippen LogP contribution in [0.3, 0.4) is 0 Å². The van der Waals surface area contributed by atoms with Crippen LogP contribution >= 0.6 is 11.6 Å². The highest BCUT2D eigenvalue weighted by Gasteiger charge is 2.24. The molecule has 2 nitrogen and oxygen atoms in total. The van der Waals surface area contributed by atoms with Crippen LogP contribution in [0.4, 0.5) is 4.39 Å². The van der Waals surface area contributed by atoms with Gasteiger partial charge in [-0.05, 0) is 25.7 Å². The predicted octanol–water partition coefficient (Wildman–Crippen LogP) is 1.82. The number of rotatable bonds is 2. The molecule has 1 aliphatic rings. The molecule has 0 saturated carbocycles. The van der Waals surface area contributed by atoms with Crippen LogP contribution in [0.1, 0.15) is 19.8 Å². The number of carbonyl (C=O) groups excluding carboxylic acids is 1.